The van der Waals surface area contributed by atoms with Gasteiger partial charge < -0.3 is 24.2 Å². The third kappa shape index (κ3) is 8.95. The minimum Gasteiger partial charge on any atom is -0.310 e. The van der Waals surface area contributed by atoms with Crippen molar-refractivity contribution in [2.24, 2.45) is 0 Å². The first kappa shape index (κ1) is 46.9. The molecule has 0 bridgehead atoms. The highest BCUT2D eigenvalue weighted by Gasteiger charge is 2.22. The second kappa shape index (κ2) is 20.5. The van der Waals surface area contributed by atoms with Gasteiger partial charge in [0.05, 0.1) is 11.0 Å². The number of aromatic nitrogens is 1. The Bertz CT molecular complexity index is 4150. The molecule has 374 valence electrons. The molecule has 13 aromatic carbocycles. The van der Waals surface area contributed by atoms with Gasteiger partial charge in [-0.25, -0.2) is 0 Å². The van der Waals surface area contributed by atoms with E-state index in [9.17, 15) is 0 Å². The summed E-state index contributed by atoms with van der Waals surface area (Å²) in [5.41, 5.74) is 16.3. The molecule has 0 aliphatic heterocycles. The molecule has 0 fully saturated rings. The highest BCUT2D eigenvalue weighted by Crippen LogP contribution is 2.45. The topological polar surface area (TPSA) is 17.9 Å². The Hall–Kier alpha value is -10.6. The second-order valence-electron chi connectivity index (χ2n) is 19.9. The van der Waals surface area contributed by atoms with Crippen molar-refractivity contribution in [3.63, 3.8) is 0 Å². The SMILES string of the molecule is c1ccc(N(c2ccc(N(c3ccccc3)c3ccc4c(c3)c3cc(N(c5ccccc5)c5ccc(N(c6ccccc6)c6ccc7ccccc7c6)cc5)ccc3n4-c3ccccc3)cc2)c2ccc3ccccc3c2)cc1. The monoisotopic (exact) mass is 1010 g/mol. The third-order valence-corrected chi connectivity index (χ3v) is 15.0. The van der Waals surface area contributed by atoms with Crippen LogP contribution in [0.2, 0.25) is 0 Å². The second-order valence-corrected chi connectivity index (χ2v) is 19.9. The highest BCUT2D eigenvalue weighted by molar-refractivity contribution is 6.12. The lowest BCUT2D eigenvalue weighted by atomic mass is 10.1. The van der Waals surface area contributed by atoms with Gasteiger partial charge in [-0.2, -0.15) is 0 Å². The summed E-state index contributed by atoms with van der Waals surface area (Å²) >= 11 is 0. The number of hydrogen-bond donors (Lipinski definition) is 0. The molecule has 0 saturated carbocycles. The van der Waals surface area contributed by atoms with E-state index < -0.39 is 0 Å². The van der Waals surface area contributed by atoms with Crippen LogP contribution >= 0.6 is 0 Å². The van der Waals surface area contributed by atoms with E-state index in [0.717, 1.165) is 95.7 Å². The molecule has 79 heavy (non-hydrogen) atoms. The van der Waals surface area contributed by atoms with Crippen molar-refractivity contribution in [2.75, 3.05) is 19.6 Å². The van der Waals surface area contributed by atoms with Crippen LogP contribution in [-0.4, -0.2) is 4.57 Å². The molecule has 14 rings (SSSR count). The maximum absolute atomic E-state index is 2.40. The van der Waals surface area contributed by atoms with Crippen LogP contribution in [0.1, 0.15) is 0 Å². The zero-order valence-electron chi connectivity index (χ0n) is 43.3. The summed E-state index contributed by atoms with van der Waals surface area (Å²) in [5.74, 6) is 0. The van der Waals surface area contributed by atoms with Crippen molar-refractivity contribution in [1.29, 1.82) is 0 Å². The van der Waals surface area contributed by atoms with Crippen LogP contribution in [0, 0.1) is 0 Å². The molecule has 0 atom stereocenters. The smallest absolute Gasteiger partial charge is 0.0542 e. The normalized spacial score (nSPS) is 11.3. The Morgan fingerprint density at radius 2 is 0.418 bits per heavy atom. The molecule has 5 heteroatoms. The summed E-state index contributed by atoms with van der Waals surface area (Å²) in [5, 5.41) is 7.15. The van der Waals surface area contributed by atoms with Crippen LogP contribution in [0.4, 0.5) is 68.2 Å². The van der Waals surface area contributed by atoms with Gasteiger partial charge in [0.15, 0.2) is 0 Å². The minimum atomic E-state index is 1.05. The quantitative estimate of drug-likeness (QED) is 0.114. The zero-order chi connectivity index (χ0) is 52.5. The fraction of sp³-hybridized carbons (Fsp3) is 0. The Balaban J connectivity index is 0.890. The van der Waals surface area contributed by atoms with Gasteiger partial charge in [0, 0.05) is 84.7 Å². The number of nitrogens with zero attached hydrogens (tertiary/aromatic N) is 5. The number of anilines is 12. The first-order valence-electron chi connectivity index (χ1n) is 26.9. The molecular weight excluding hydrogens is 959 g/mol. The number of benzene rings is 13. The van der Waals surface area contributed by atoms with E-state index in [1.807, 2.05) is 0 Å². The highest BCUT2D eigenvalue weighted by atomic mass is 15.2. The standard InChI is InChI=1S/C74H53N5/c1-6-24-58(25-7-1)75(67-36-34-54-20-16-18-22-56(54)50-67)63-38-42-65(43-39-63)77(60-28-10-3-11-29-60)69-46-48-73-71(52-69)72-53-70(47-49-74(72)79(73)62-32-14-5-15-33-62)78(61-30-12-4-13-31-61)66-44-40-64(41-45-66)76(59-26-8-2-9-27-59)68-37-35-55-21-17-19-23-57(55)51-68/h1-53H. The van der Waals surface area contributed by atoms with Crippen LogP contribution < -0.4 is 19.6 Å². The van der Waals surface area contributed by atoms with Crippen molar-refractivity contribution in [3.8, 4) is 5.69 Å². The number of para-hydroxylation sites is 5. The third-order valence-electron chi connectivity index (χ3n) is 15.0. The number of hydrogen-bond acceptors (Lipinski definition) is 4. The van der Waals surface area contributed by atoms with E-state index in [1.54, 1.807) is 0 Å². The van der Waals surface area contributed by atoms with Crippen LogP contribution in [0.15, 0.2) is 322 Å². The van der Waals surface area contributed by atoms with Crippen molar-refractivity contribution in [3.05, 3.63) is 322 Å². The lowest BCUT2D eigenvalue weighted by Gasteiger charge is -2.28. The molecule has 0 unspecified atom stereocenters. The van der Waals surface area contributed by atoms with E-state index in [0.29, 0.717) is 0 Å². The van der Waals surface area contributed by atoms with Crippen LogP contribution in [-0.2, 0) is 0 Å². The molecule has 0 aliphatic carbocycles. The minimum absolute atomic E-state index is 1.05. The summed E-state index contributed by atoms with van der Waals surface area (Å²) < 4.78 is 2.40. The van der Waals surface area contributed by atoms with Crippen LogP contribution in [0.3, 0.4) is 0 Å². The average molecular weight is 1010 g/mol. The van der Waals surface area contributed by atoms with Gasteiger partial charge in [-0.15, -0.1) is 0 Å². The molecule has 0 saturated heterocycles. The molecule has 0 radical (unpaired) electrons. The van der Waals surface area contributed by atoms with Gasteiger partial charge in [0.1, 0.15) is 0 Å². The molecular formula is C74H53N5. The van der Waals surface area contributed by atoms with Crippen LogP contribution in [0.25, 0.3) is 49.0 Å². The van der Waals surface area contributed by atoms with Gasteiger partial charge >= 0.3 is 0 Å². The zero-order valence-corrected chi connectivity index (χ0v) is 43.3. The molecule has 1 aromatic heterocycles. The van der Waals surface area contributed by atoms with E-state index in [2.05, 4.69) is 346 Å². The maximum atomic E-state index is 2.40. The van der Waals surface area contributed by atoms with Crippen molar-refractivity contribution in [1.82, 2.24) is 4.57 Å². The molecule has 1 heterocycles. The maximum Gasteiger partial charge on any atom is 0.0542 e. The van der Waals surface area contributed by atoms with Gasteiger partial charge in [0.2, 0.25) is 0 Å². The lowest BCUT2D eigenvalue weighted by Crippen LogP contribution is -2.12. The summed E-state index contributed by atoms with van der Waals surface area (Å²) in [6.45, 7) is 0. The first-order chi connectivity index (χ1) is 39.2. The van der Waals surface area contributed by atoms with Crippen molar-refractivity contribution < 1.29 is 0 Å². The fourth-order valence-corrected chi connectivity index (χ4v) is 11.4. The van der Waals surface area contributed by atoms with E-state index in [-0.39, 0.29) is 0 Å². The predicted molar refractivity (Wildman–Crippen MR) is 335 cm³/mol. The Kier molecular flexibility index (Phi) is 12.2. The molecule has 0 N–H and O–H groups in total. The van der Waals surface area contributed by atoms with E-state index in [1.165, 1.54) is 21.5 Å². The largest absolute Gasteiger partial charge is 0.310 e. The number of rotatable bonds is 13. The number of fused-ring (bicyclic) bond motifs is 5. The molecule has 0 spiro atoms. The Labute approximate surface area is 460 Å². The molecule has 5 nitrogen and oxygen atoms in total. The van der Waals surface area contributed by atoms with Gasteiger partial charge in [-0.05, 0) is 191 Å². The summed E-state index contributed by atoms with van der Waals surface area (Å²) in [7, 11) is 0. The summed E-state index contributed by atoms with van der Waals surface area (Å²) in [6.07, 6.45) is 0. The van der Waals surface area contributed by atoms with Crippen molar-refractivity contribution >= 4 is 112 Å². The molecule has 0 aliphatic rings. The fourth-order valence-electron chi connectivity index (χ4n) is 11.4. The van der Waals surface area contributed by atoms with Crippen molar-refractivity contribution in [2.45, 2.75) is 0 Å². The predicted octanol–water partition coefficient (Wildman–Crippen LogP) is 21.0. The van der Waals surface area contributed by atoms with E-state index >= 15 is 0 Å². The average Bonchev–Trinajstić information content (AvgIpc) is 4.12. The van der Waals surface area contributed by atoms with Crippen LogP contribution in [0.5, 0.6) is 0 Å². The van der Waals surface area contributed by atoms with Gasteiger partial charge in [-0.3, -0.25) is 0 Å². The molecule has 14 aromatic rings. The Morgan fingerprint density at radius 3 is 0.747 bits per heavy atom. The molecule has 0 amide bonds. The van der Waals surface area contributed by atoms with Gasteiger partial charge in [-0.1, -0.05) is 152 Å². The van der Waals surface area contributed by atoms with Gasteiger partial charge in [0.25, 0.3) is 0 Å². The lowest BCUT2D eigenvalue weighted by molar-refractivity contribution is 1.18. The Morgan fingerprint density at radius 1 is 0.177 bits per heavy atom. The summed E-state index contributed by atoms with van der Waals surface area (Å²) in [4.78, 5) is 9.42. The first-order valence-corrected chi connectivity index (χ1v) is 26.9. The van der Waals surface area contributed by atoms with E-state index in [4.69, 9.17) is 0 Å². The summed E-state index contributed by atoms with van der Waals surface area (Å²) in [6, 6.07) is 116.